The molecule has 1 N–H and O–H groups in total. The Morgan fingerprint density at radius 1 is 1.24 bits per heavy atom. The summed E-state index contributed by atoms with van der Waals surface area (Å²) in [6, 6.07) is 13.2. The number of anilines is 1. The quantitative estimate of drug-likeness (QED) is 0.604. The second-order valence-electron chi connectivity index (χ2n) is 5.16. The lowest BCUT2D eigenvalue weighted by Gasteiger charge is -2.11. The number of halogens is 1. The van der Waals surface area contributed by atoms with Gasteiger partial charge in [0, 0.05) is 28.3 Å². The summed E-state index contributed by atoms with van der Waals surface area (Å²) < 4.78 is 0.708. The highest BCUT2D eigenvalue weighted by Crippen LogP contribution is 2.25. The molecule has 0 aliphatic rings. The summed E-state index contributed by atoms with van der Waals surface area (Å²) in [5.74, 6) is 0.453. The minimum Gasteiger partial charge on any atom is -0.381 e. The van der Waals surface area contributed by atoms with Gasteiger partial charge in [0.15, 0.2) is 0 Å². The van der Waals surface area contributed by atoms with E-state index in [1.165, 1.54) is 11.6 Å². The van der Waals surface area contributed by atoms with Crippen LogP contribution in [0.2, 0.25) is 0 Å². The maximum absolute atomic E-state index is 11.1. The zero-order valence-corrected chi connectivity index (χ0v) is 13.6. The first kappa shape index (κ1) is 15.5. The van der Waals surface area contributed by atoms with Gasteiger partial charge in [0.2, 0.25) is 0 Å². The van der Waals surface area contributed by atoms with E-state index < -0.39 is 0 Å². The smallest absolute Gasteiger partial charge is 0.275 e. The molecular weight excluding hydrogens is 332 g/mol. The first-order chi connectivity index (χ1) is 9.97. The predicted molar refractivity (Wildman–Crippen MR) is 88.7 cm³/mol. The normalized spacial score (nSPS) is 10.7. The fourth-order valence-corrected chi connectivity index (χ4v) is 2.41. The van der Waals surface area contributed by atoms with Gasteiger partial charge in [-0.1, -0.05) is 41.9 Å². The molecule has 0 aliphatic heterocycles. The average Bonchev–Trinajstić information content (AvgIpc) is 2.46. The Balaban J connectivity index is 2.17. The third kappa shape index (κ3) is 4.04. The van der Waals surface area contributed by atoms with Crippen molar-refractivity contribution in [1.29, 1.82) is 0 Å². The Hall–Kier alpha value is -1.88. The van der Waals surface area contributed by atoms with Gasteiger partial charge in [-0.05, 0) is 35.7 Å². The summed E-state index contributed by atoms with van der Waals surface area (Å²) in [6.07, 6.45) is 0. The summed E-state index contributed by atoms with van der Waals surface area (Å²) in [5, 5.41) is 14.3. The van der Waals surface area contributed by atoms with E-state index in [-0.39, 0.29) is 10.6 Å². The van der Waals surface area contributed by atoms with Crippen molar-refractivity contribution in [2.24, 2.45) is 0 Å². The van der Waals surface area contributed by atoms with Gasteiger partial charge >= 0.3 is 0 Å². The molecule has 0 bridgehead atoms. The SMILES string of the molecule is CC(C)c1cccc(NCc2ccc(Br)cc2[N+](=O)[O-])c1. The highest BCUT2D eigenvalue weighted by molar-refractivity contribution is 9.10. The maximum atomic E-state index is 11.1. The molecule has 0 aliphatic carbocycles. The Kier molecular flexibility index (Phi) is 4.96. The summed E-state index contributed by atoms with van der Waals surface area (Å²) in [5.41, 5.74) is 3.00. The van der Waals surface area contributed by atoms with Crippen molar-refractivity contribution in [3.8, 4) is 0 Å². The number of hydrogen-bond donors (Lipinski definition) is 1. The van der Waals surface area contributed by atoms with Gasteiger partial charge in [-0.3, -0.25) is 10.1 Å². The molecular formula is C16H17BrN2O2. The number of rotatable bonds is 5. The minimum absolute atomic E-state index is 0.122. The maximum Gasteiger partial charge on any atom is 0.275 e. The largest absolute Gasteiger partial charge is 0.381 e. The highest BCUT2D eigenvalue weighted by atomic mass is 79.9. The molecule has 0 atom stereocenters. The van der Waals surface area contributed by atoms with Crippen molar-refractivity contribution in [1.82, 2.24) is 0 Å². The van der Waals surface area contributed by atoms with Crippen molar-refractivity contribution in [2.45, 2.75) is 26.3 Å². The van der Waals surface area contributed by atoms with Gasteiger partial charge in [0.1, 0.15) is 0 Å². The highest BCUT2D eigenvalue weighted by Gasteiger charge is 2.13. The molecule has 0 aromatic heterocycles. The van der Waals surface area contributed by atoms with E-state index in [2.05, 4.69) is 47.2 Å². The van der Waals surface area contributed by atoms with Crippen LogP contribution in [0.3, 0.4) is 0 Å². The van der Waals surface area contributed by atoms with Crippen molar-refractivity contribution < 1.29 is 4.92 Å². The Labute approximate surface area is 132 Å². The monoisotopic (exact) mass is 348 g/mol. The standard InChI is InChI=1S/C16H17BrN2O2/c1-11(2)12-4-3-5-15(8-12)18-10-13-6-7-14(17)9-16(13)19(20)21/h3-9,11,18H,10H2,1-2H3. The van der Waals surface area contributed by atoms with Crippen molar-refractivity contribution in [3.05, 3.63) is 68.2 Å². The summed E-state index contributed by atoms with van der Waals surface area (Å²) in [6.45, 7) is 4.70. The number of hydrogen-bond acceptors (Lipinski definition) is 3. The second-order valence-corrected chi connectivity index (χ2v) is 6.08. The van der Waals surface area contributed by atoms with Crippen LogP contribution in [0, 0.1) is 10.1 Å². The molecule has 0 fully saturated rings. The van der Waals surface area contributed by atoms with Gasteiger partial charge in [0.05, 0.1) is 4.92 Å². The van der Waals surface area contributed by atoms with E-state index >= 15 is 0 Å². The number of nitro groups is 1. The molecule has 0 saturated heterocycles. The fourth-order valence-electron chi connectivity index (χ4n) is 2.06. The third-order valence-corrected chi connectivity index (χ3v) is 3.77. The van der Waals surface area contributed by atoms with Crippen LogP contribution in [0.1, 0.15) is 30.9 Å². The molecule has 4 nitrogen and oxygen atoms in total. The van der Waals surface area contributed by atoms with Gasteiger partial charge in [-0.2, -0.15) is 0 Å². The topological polar surface area (TPSA) is 55.2 Å². The lowest BCUT2D eigenvalue weighted by atomic mass is 10.0. The zero-order chi connectivity index (χ0) is 15.4. The van der Waals surface area contributed by atoms with Gasteiger partial charge in [-0.15, -0.1) is 0 Å². The molecule has 0 spiro atoms. The van der Waals surface area contributed by atoms with Crippen LogP contribution in [-0.4, -0.2) is 4.92 Å². The number of nitrogens with one attached hydrogen (secondary N) is 1. The van der Waals surface area contributed by atoms with E-state index in [1.807, 2.05) is 18.2 Å². The second kappa shape index (κ2) is 6.72. The molecule has 0 radical (unpaired) electrons. The summed E-state index contributed by atoms with van der Waals surface area (Å²) >= 11 is 3.26. The van der Waals surface area contributed by atoms with Crippen molar-refractivity contribution in [3.63, 3.8) is 0 Å². The van der Waals surface area contributed by atoms with Crippen LogP contribution in [0.5, 0.6) is 0 Å². The van der Waals surface area contributed by atoms with Gasteiger partial charge < -0.3 is 5.32 Å². The Morgan fingerprint density at radius 3 is 2.67 bits per heavy atom. The van der Waals surface area contributed by atoms with Crippen LogP contribution in [-0.2, 0) is 6.54 Å². The Bertz CT molecular complexity index is 656. The summed E-state index contributed by atoms with van der Waals surface area (Å²) in [7, 11) is 0. The zero-order valence-electron chi connectivity index (χ0n) is 12.0. The van der Waals surface area contributed by atoms with Crippen molar-refractivity contribution >= 4 is 27.3 Å². The first-order valence-corrected chi connectivity index (χ1v) is 7.53. The molecule has 2 aromatic rings. The van der Waals surface area contributed by atoms with E-state index in [0.717, 1.165) is 5.69 Å². The molecule has 2 aromatic carbocycles. The van der Waals surface area contributed by atoms with Crippen LogP contribution < -0.4 is 5.32 Å². The van der Waals surface area contributed by atoms with Crippen LogP contribution in [0.15, 0.2) is 46.9 Å². The van der Waals surface area contributed by atoms with E-state index in [9.17, 15) is 10.1 Å². The van der Waals surface area contributed by atoms with E-state index in [4.69, 9.17) is 0 Å². The average molecular weight is 349 g/mol. The first-order valence-electron chi connectivity index (χ1n) is 6.74. The predicted octanol–water partition coefficient (Wildman–Crippen LogP) is 5.09. The molecule has 0 saturated carbocycles. The molecule has 2 rings (SSSR count). The van der Waals surface area contributed by atoms with Crippen LogP contribution in [0.4, 0.5) is 11.4 Å². The number of nitrogens with zero attached hydrogens (tertiary/aromatic N) is 1. The third-order valence-electron chi connectivity index (χ3n) is 3.28. The summed E-state index contributed by atoms with van der Waals surface area (Å²) in [4.78, 5) is 10.7. The molecule has 0 amide bonds. The minimum atomic E-state index is -0.355. The molecule has 5 heteroatoms. The molecule has 21 heavy (non-hydrogen) atoms. The molecule has 110 valence electrons. The lowest BCUT2D eigenvalue weighted by Crippen LogP contribution is -2.03. The van der Waals surface area contributed by atoms with Gasteiger partial charge in [0.25, 0.3) is 5.69 Å². The van der Waals surface area contributed by atoms with Crippen molar-refractivity contribution in [2.75, 3.05) is 5.32 Å². The van der Waals surface area contributed by atoms with E-state index in [1.54, 1.807) is 6.07 Å². The van der Waals surface area contributed by atoms with Crippen LogP contribution >= 0.6 is 15.9 Å². The molecule has 0 unspecified atom stereocenters. The fraction of sp³-hybridized carbons (Fsp3) is 0.250. The number of benzene rings is 2. The lowest BCUT2D eigenvalue weighted by molar-refractivity contribution is -0.385. The molecule has 0 heterocycles. The van der Waals surface area contributed by atoms with Crippen LogP contribution in [0.25, 0.3) is 0 Å². The van der Waals surface area contributed by atoms with Gasteiger partial charge in [-0.25, -0.2) is 0 Å². The Morgan fingerprint density at radius 2 is 2.00 bits per heavy atom. The number of nitro benzene ring substituents is 1. The van der Waals surface area contributed by atoms with E-state index in [0.29, 0.717) is 22.5 Å².